The van der Waals surface area contributed by atoms with Gasteiger partial charge >= 0.3 is 0 Å². The second-order valence-electron chi connectivity index (χ2n) is 5.05. The van der Waals surface area contributed by atoms with E-state index in [2.05, 4.69) is 23.9 Å². The summed E-state index contributed by atoms with van der Waals surface area (Å²) in [6.45, 7) is 4.28. The SMILES string of the molecule is CC(C)n1ncnc1CC1CCCC(Cl)C1. The van der Waals surface area contributed by atoms with Crippen LogP contribution in [0.15, 0.2) is 6.33 Å². The largest absolute Gasteiger partial charge is 0.248 e. The molecule has 2 atom stereocenters. The Morgan fingerprint density at radius 2 is 2.31 bits per heavy atom. The molecule has 1 aliphatic rings. The van der Waals surface area contributed by atoms with Gasteiger partial charge in [-0.25, -0.2) is 9.67 Å². The summed E-state index contributed by atoms with van der Waals surface area (Å²) >= 11 is 6.21. The van der Waals surface area contributed by atoms with Crippen LogP contribution in [0.5, 0.6) is 0 Å². The fourth-order valence-electron chi connectivity index (χ4n) is 2.52. The Kier molecular flexibility index (Phi) is 3.85. The smallest absolute Gasteiger partial charge is 0.138 e. The van der Waals surface area contributed by atoms with Crippen LogP contribution >= 0.6 is 11.6 Å². The lowest BCUT2D eigenvalue weighted by atomic mass is 9.86. The van der Waals surface area contributed by atoms with Gasteiger partial charge in [-0.2, -0.15) is 5.10 Å². The van der Waals surface area contributed by atoms with Crippen molar-refractivity contribution in [1.82, 2.24) is 14.8 Å². The van der Waals surface area contributed by atoms with Gasteiger partial charge < -0.3 is 0 Å². The highest BCUT2D eigenvalue weighted by Gasteiger charge is 2.22. The first kappa shape index (κ1) is 11.9. The van der Waals surface area contributed by atoms with E-state index in [1.54, 1.807) is 6.33 Å². The van der Waals surface area contributed by atoms with Crippen molar-refractivity contribution in [3.05, 3.63) is 12.2 Å². The van der Waals surface area contributed by atoms with Crippen molar-refractivity contribution in [3.63, 3.8) is 0 Å². The minimum Gasteiger partial charge on any atom is -0.248 e. The zero-order chi connectivity index (χ0) is 11.5. The summed E-state index contributed by atoms with van der Waals surface area (Å²) in [5, 5.41) is 4.64. The molecule has 1 fully saturated rings. The second kappa shape index (κ2) is 5.17. The molecule has 1 saturated carbocycles. The molecule has 0 aromatic carbocycles. The summed E-state index contributed by atoms with van der Waals surface area (Å²) in [7, 11) is 0. The molecule has 0 radical (unpaired) electrons. The first-order chi connectivity index (χ1) is 7.66. The van der Waals surface area contributed by atoms with Crippen molar-refractivity contribution < 1.29 is 0 Å². The Bertz CT molecular complexity index is 335. The molecule has 0 bridgehead atoms. The predicted octanol–water partition coefficient (Wildman–Crippen LogP) is 3.20. The number of hydrogen-bond acceptors (Lipinski definition) is 2. The van der Waals surface area contributed by atoms with Crippen molar-refractivity contribution >= 4 is 11.6 Å². The predicted molar refractivity (Wildman–Crippen MR) is 65.7 cm³/mol. The zero-order valence-corrected chi connectivity index (χ0v) is 10.8. The molecular weight excluding hydrogens is 222 g/mol. The molecule has 2 unspecified atom stereocenters. The van der Waals surface area contributed by atoms with E-state index in [0.717, 1.165) is 18.7 Å². The topological polar surface area (TPSA) is 30.7 Å². The van der Waals surface area contributed by atoms with Crippen LogP contribution in [0.4, 0.5) is 0 Å². The maximum atomic E-state index is 6.21. The Hall–Kier alpha value is -0.570. The van der Waals surface area contributed by atoms with E-state index in [1.807, 2.05) is 4.68 Å². The standard InChI is InChI=1S/C12H20ClN3/c1-9(2)16-12(14-8-15-16)7-10-4-3-5-11(13)6-10/h8-11H,3-7H2,1-2H3. The van der Waals surface area contributed by atoms with Crippen LogP contribution in [0.3, 0.4) is 0 Å². The molecule has 1 aliphatic carbocycles. The molecule has 0 N–H and O–H groups in total. The van der Waals surface area contributed by atoms with Crippen LogP contribution in [0.1, 0.15) is 51.4 Å². The molecule has 0 aliphatic heterocycles. The van der Waals surface area contributed by atoms with E-state index in [9.17, 15) is 0 Å². The van der Waals surface area contributed by atoms with Crippen molar-refractivity contribution in [2.24, 2.45) is 5.92 Å². The van der Waals surface area contributed by atoms with Gasteiger partial charge in [-0.05, 0) is 39.0 Å². The molecule has 90 valence electrons. The monoisotopic (exact) mass is 241 g/mol. The van der Waals surface area contributed by atoms with E-state index in [4.69, 9.17) is 11.6 Å². The Labute approximate surface area is 102 Å². The first-order valence-electron chi connectivity index (χ1n) is 6.19. The molecule has 1 aromatic rings. The van der Waals surface area contributed by atoms with E-state index >= 15 is 0 Å². The van der Waals surface area contributed by atoms with Gasteiger partial charge in [0.1, 0.15) is 12.2 Å². The van der Waals surface area contributed by atoms with Gasteiger partial charge in [0.05, 0.1) is 0 Å². The normalized spacial score (nSPS) is 26.2. The number of hydrogen-bond donors (Lipinski definition) is 0. The van der Waals surface area contributed by atoms with E-state index < -0.39 is 0 Å². The van der Waals surface area contributed by atoms with Gasteiger partial charge in [-0.15, -0.1) is 11.6 Å². The molecule has 0 saturated heterocycles. The highest BCUT2D eigenvalue weighted by Crippen LogP contribution is 2.30. The third kappa shape index (κ3) is 2.76. The fourth-order valence-corrected chi connectivity index (χ4v) is 2.93. The second-order valence-corrected chi connectivity index (χ2v) is 5.67. The average Bonchev–Trinajstić information content (AvgIpc) is 2.66. The van der Waals surface area contributed by atoms with Crippen LogP contribution in [-0.4, -0.2) is 20.1 Å². The molecule has 3 nitrogen and oxygen atoms in total. The van der Waals surface area contributed by atoms with Crippen LogP contribution in [0.2, 0.25) is 0 Å². The summed E-state index contributed by atoms with van der Waals surface area (Å²) < 4.78 is 2.03. The molecule has 2 rings (SSSR count). The minimum atomic E-state index is 0.370. The zero-order valence-electron chi connectivity index (χ0n) is 10.1. The summed E-state index contributed by atoms with van der Waals surface area (Å²) in [6.07, 6.45) is 7.54. The Morgan fingerprint density at radius 1 is 1.50 bits per heavy atom. The van der Waals surface area contributed by atoms with Gasteiger partial charge in [0, 0.05) is 17.8 Å². The Morgan fingerprint density at radius 3 is 3.00 bits per heavy atom. The number of rotatable bonds is 3. The molecule has 0 amide bonds. The molecule has 0 spiro atoms. The van der Waals surface area contributed by atoms with Crippen molar-refractivity contribution in [2.45, 2.75) is 57.4 Å². The highest BCUT2D eigenvalue weighted by molar-refractivity contribution is 6.20. The van der Waals surface area contributed by atoms with Crippen molar-refractivity contribution in [1.29, 1.82) is 0 Å². The third-order valence-electron chi connectivity index (χ3n) is 3.33. The maximum absolute atomic E-state index is 6.21. The maximum Gasteiger partial charge on any atom is 0.138 e. The first-order valence-corrected chi connectivity index (χ1v) is 6.63. The number of alkyl halides is 1. The number of aromatic nitrogens is 3. The van der Waals surface area contributed by atoms with E-state index in [0.29, 0.717) is 17.3 Å². The molecule has 4 heteroatoms. The molecule has 1 heterocycles. The minimum absolute atomic E-state index is 0.370. The summed E-state index contributed by atoms with van der Waals surface area (Å²) in [4.78, 5) is 4.37. The van der Waals surface area contributed by atoms with Crippen LogP contribution in [0.25, 0.3) is 0 Å². The van der Waals surface area contributed by atoms with Gasteiger partial charge in [-0.3, -0.25) is 0 Å². The van der Waals surface area contributed by atoms with E-state index in [-0.39, 0.29) is 0 Å². The van der Waals surface area contributed by atoms with Crippen LogP contribution in [-0.2, 0) is 6.42 Å². The van der Waals surface area contributed by atoms with Crippen molar-refractivity contribution in [3.8, 4) is 0 Å². The lowest BCUT2D eigenvalue weighted by molar-refractivity contribution is 0.346. The summed E-state index contributed by atoms with van der Waals surface area (Å²) in [5.74, 6) is 1.81. The van der Waals surface area contributed by atoms with Gasteiger partial charge in [-0.1, -0.05) is 6.42 Å². The summed E-state index contributed by atoms with van der Waals surface area (Å²) in [6, 6.07) is 0.396. The van der Waals surface area contributed by atoms with Crippen LogP contribution in [0, 0.1) is 5.92 Å². The molecule has 16 heavy (non-hydrogen) atoms. The quantitative estimate of drug-likeness (QED) is 0.761. The number of nitrogens with zero attached hydrogens (tertiary/aromatic N) is 3. The summed E-state index contributed by atoms with van der Waals surface area (Å²) in [5.41, 5.74) is 0. The molecular formula is C12H20ClN3. The van der Waals surface area contributed by atoms with Gasteiger partial charge in [0.15, 0.2) is 0 Å². The van der Waals surface area contributed by atoms with Gasteiger partial charge in [0.2, 0.25) is 0 Å². The lowest BCUT2D eigenvalue weighted by Crippen LogP contribution is -2.20. The van der Waals surface area contributed by atoms with E-state index in [1.165, 1.54) is 19.3 Å². The molecule has 1 aromatic heterocycles. The Balaban J connectivity index is 2.00. The van der Waals surface area contributed by atoms with Crippen molar-refractivity contribution in [2.75, 3.05) is 0 Å². The average molecular weight is 242 g/mol. The van der Waals surface area contributed by atoms with Crippen LogP contribution < -0.4 is 0 Å². The third-order valence-corrected chi connectivity index (χ3v) is 3.72. The fraction of sp³-hybridized carbons (Fsp3) is 0.833. The lowest BCUT2D eigenvalue weighted by Gasteiger charge is -2.25. The highest BCUT2D eigenvalue weighted by atomic mass is 35.5. The number of halogens is 1. The van der Waals surface area contributed by atoms with Gasteiger partial charge in [0.25, 0.3) is 0 Å².